The van der Waals surface area contributed by atoms with Crippen LogP contribution in [0.25, 0.3) is 0 Å². The molecule has 1 aromatic carbocycles. The van der Waals surface area contributed by atoms with Crippen molar-refractivity contribution in [2.75, 3.05) is 13.7 Å². The average molecular weight is 284 g/mol. The van der Waals surface area contributed by atoms with Crippen LogP contribution >= 0.6 is 0 Å². The van der Waals surface area contributed by atoms with Crippen LogP contribution in [0.1, 0.15) is 24.9 Å². The van der Waals surface area contributed by atoms with Gasteiger partial charge in [0.15, 0.2) is 0 Å². The molecule has 1 aromatic rings. The van der Waals surface area contributed by atoms with Gasteiger partial charge < -0.3 is 10.1 Å². The van der Waals surface area contributed by atoms with E-state index in [1.807, 2.05) is 19.1 Å². The fourth-order valence-electron chi connectivity index (χ4n) is 2.19. The summed E-state index contributed by atoms with van der Waals surface area (Å²) in [6.45, 7) is 1.37. The summed E-state index contributed by atoms with van der Waals surface area (Å²) in [5.74, 6) is -2.47. The Morgan fingerprint density at radius 2 is 2.10 bits per heavy atom. The van der Waals surface area contributed by atoms with Gasteiger partial charge in [-0.2, -0.15) is 0 Å². The Morgan fingerprint density at radius 1 is 1.45 bits per heavy atom. The molecule has 1 fully saturated rings. The molecule has 1 saturated heterocycles. The van der Waals surface area contributed by atoms with Crippen LogP contribution in [0.5, 0.6) is 5.75 Å². The Morgan fingerprint density at radius 3 is 2.60 bits per heavy atom. The monoisotopic (exact) mass is 284 g/mol. The number of carbonyl (C=O) groups excluding carboxylic acids is 1. The van der Waals surface area contributed by atoms with E-state index in [9.17, 15) is 13.6 Å². The summed E-state index contributed by atoms with van der Waals surface area (Å²) in [5, 5.41) is 5.28. The highest BCUT2D eigenvalue weighted by atomic mass is 19.3. The zero-order valence-electron chi connectivity index (χ0n) is 11.5. The third kappa shape index (κ3) is 3.45. The molecule has 1 heterocycles. The number of amides is 1. The molecule has 2 N–H and O–H groups in total. The number of carbonyl (C=O) groups is 1. The third-order valence-corrected chi connectivity index (χ3v) is 3.40. The highest BCUT2D eigenvalue weighted by molar-refractivity contribution is 5.82. The maximum absolute atomic E-state index is 13.0. The van der Waals surface area contributed by atoms with Gasteiger partial charge in [0.25, 0.3) is 5.92 Å². The number of ether oxygens (including phenoxy) is 1. The Kier molecular flexibility index (Phi) is 4.23. The number of halogens is 2. The van der Waals surface area contributed by atoms with Crippen LogP contribution in [-0.2, 0) is 4.79 Å². The topological polar surface area (TPSA) is 50.4 Å². The molecule has 1 aliphatic rings. The van der Waals surface area contributed by atoms with E-state index in [4.69, 9.17) is 4.74 Å². The largest absolute Gasteiger partial charge is 0.497 e. The molecule has 0 aromatic heterocycles. The molecule has 20 heavy (non-hydrogen) atoms. The number of nitrogens with one attached hydrogen (secondary N) is 2. The van der Waals surface area contributed by atoms with E-state index in [2.05, 4.69) is 10.6 Å². The van der Waals surface area contributed by atoms with Gasteiger partial charge >= 0.3 is 0 Å². The van der Waals surface area contributed by atoms with Crippen molar-refractivity contribution in [2.24, 2.45) is 0 Å². The van der Waals surface area contributed by atoms with Crippen molar-refractivity contribution in [3.05, 3.63) is 29.8 Å². The number of hydrogen-bond donors (Lipinski definition) is 2. The summed E-state index contributed by atoms with van der Waals surface area (Å²) in [6.07, 6.45) is -0.450. The standard InChI is InChI=1S/C14H18F2N2O2/c1-9(10-3-5-11(20-2)6-4-10)18-13(19)12-7-14(15,16)8-17-12/h3-6,9,12,17H,7-8H2,1-2H3,(H,18,19). The summed E-state index contributed by atoms with van der Waals surface area (Å²) >= 11 is 0. The van der Waals surface area contributed by atoms with Crippen LogP contribution in [0.2, 0.25) is 0 Å². The lowest BCUT2D eigenvalue weighted by molar-refractivity contribution is -0.124. The lowest BCUT2D eigenvalue weighted by Crippen LogP contribution is -2.41. The number of methoxy groups -OCH3 is 1. The third-order valence-electron chi connectivity index (χ3n) is 3.40. The van der Waals surface area contributed by atoms with Crippen LogP contribution < -0.4 is 15.4 Å². The first-order chi connectivity index (χ1) is 9.41. The van der Waals surface area contributed by atoms with Crippen molar-refractivity contribution in [1.29, 1.82) is 0 Å². The van der Waals surface area contributed by atoms with Gasteiger partial charge in [0, 0.05) is 6.42 Å². The maximum atomic E-state index is 13.0. The van der Waals surface area contributed by atoms with E-state index in [1.54, 1.807) is 19.2 Å². The van der Waals surface area contributed by atoms with Gasteiger partial charge in [0.1, 0.15) is 5.75 Å². The normalized spacial score (nSPS) is 22.3. The molecule has 110 valence electrons. The highest BCUT2D eigenvalue weighted by Gasteiger charge is 2.42. The van der Waals surface area contributed by atoms with E-state index in [0.29, 0.717) is 0 Å². The number of hydrogen-bond acceptors (Lipinski definition) is 3. The second kappa shape index (κ2) is 5.75. The molecule has 1 amide bonds. The Labute approximate surface area is 116 Å². The molecular weight excluding hydrogens is 266 g/mol. The second-order valence-corrected chi connectivity index (χ2v) is 5.00. The van der Waals surface area contributed by atoms with E-state index in [0.717, 1.165) is 11.3 Å². The Balaban J connectivity index is 1.93. The van der Waals surface area contributed by atoms with Crippen LogP contribution in [0.15, 0.2) is 24.3 Å². The first kappa shape index (κ1) is 14.7. The van der Waals surface area contributed by atoms with Gasteiger partial charge in [-0.25, -0.2) is 8.78 Å². The van der Waals surface area contributed by atoms with Crippen LogP contribution in [-0.4, -0.2) is 31.5 Å². The summed E-state index contributed by atoms with van der Waals surface area (Å²) in [5.41, 5.74) is 0.893. The molecule has 0 spiro atoms. The zero-order valence-corrected chi connectivity index (χ0v) is 11.5. The lowest BCUT2D eigenvalue weighted by atomic mass is 10.1. The minimum absolute atomic E-state index is 0.246. The summed E-state index contributed by atoms with van der Waals surface area (Å²) < 4.78 is 31.1. The predicted octanol–water partition coefficient (Wildman–Crippen LogP) is 1.87. The molecule has 1 aliphatic heterocycles. The number of benzene rings is 1. The molecule has 2 atom stereocenters. The van der Waals surface area contributed by atoms with Gasteiger partial charge in [-0.3, -0.25) is 10.1 Å². The fourth-order valence-corrected chi connectivity index (χ4v) is 2.19. The maximum Gasteiger partial charge on any atom is 0.262 e. The molecule has 0 radical (unpaired) electrons. The average Bonchev–Trinajstić information content (AvgIpc) is 2.79. The van der Waals surface area contributed by atoms with E-state index in [-0.39, 0.29) is 6.04 Å². The quantitative estimate of drug-likeness (QED) is 0.887. The van der Waals surface area contributed by atoms with E-state index >= 15 is 0 Å². The number of alkyl halides is 2. The predicted molar refractivity (Wildman–Crippen MR) is 70.9 cm³/mol. The van der Waals surface area contributed by atoms with Crippen LogP contribution in [0.4, 0.5) is 8.78 Å². The van der Waals surface area contributed by atoms with E-state index in [1.165, 1.54) is 0 Å². The lowest BCUT2D eigenvalue weighted by Gasteiger charge is -2.17. The molecule has 6 heteroatoms. The molecule has 4 nitrogen and oxygen atoms in total. The first-order valence-electron chi connectivity index (χ1n) is 6.47. The van der Waals surface area contributed by atoms with Gasteiger partial charge in [0.05, 0.1) is 25.7 Å². The van der Waals surface area contributed by atoms with Crippen molar-refractivity contribution < 1.29 is 18.3 Å². The second-order valence-electron chi connectivity index (χ2n) is 5.00. The smallest absolute Gasteiger partial charge is 0.262 e. The van der Waals surface area contributed by atoms with Gasteiger partial charge in [0.2, 0.25) is 5.91 Å². The molecule has 2 unspecified atom stereocenters. The van der Waals surface area contributed by atoms with Crippen LogP contribution in [0, 0.1) is 0 Å². The molecule has 0 aliphatic carbocycles. The van der Waals surface area contributed by atoms with Gasteiger partial charge in [-0.1, -0.05) is 12.1 Å². The van der Waals surface area contributed by atoms with Crippen molar-refractivity contribution in [3.63, 3.8) is 0 Å². The Hall–Kier alpha value is -1.69. The van der Waals surface area contributed by atoms with Crippen molar-refractivity contribution >= 4 is 5.91 Å². The van der Waals surface area contributed by atoms with Crippen LogP contribution in [0.3, 0.4) is 0 Å². The molecular formula is C14H18F2N2O2. The molecule has 2 rings (SSSR count). The summed E-state index contributed by atoms with van der Waals surface area (Å²) in [4.78, 5) is 11.9. The molecule has 0 bridgehead atoms. The molecule has 0 saturated carbocycles. The van der Waals surface area contributed by atoms with Crippen molar-refractivity contribution in [1.82, 2.24) is 10.6 Å². The highest BCUT2D eigenvalue weighted by Crippen LogP contribution is 2.25. The van der Waals surface area contributed by atoms with E-state index < -0.39 is 30.8 Å². The van der Waals surface area contributed by atoms with Crippen molar-refractivity contribution in [3.8, 4) is 5.75 Å². The first-order valence-corrected chi connectivity index (χ1v) is 6.47. The zero-order chi connectivity index (χ0) is 14.8. The summed E-state index contributed by atoms with van der Waals surface area (Å²) in [6, 6.07) is 6.18. The summed E-state index contributed by atoms with van der Waals surface area (Å²) in [7, 11) is 1.58. The Bertz CT molecular complexity index is 477. The fraction of sp³-hybridized carbons (Fsp3) is 0.500. The number of rotatable bonds is 4. The van der Waals surface area contributed by atoms with Gasteiger partial charge in [-0.05, 0) is 24.6 Å². The minimum Gasteiger partial charge on any atom is -0.497 e. The van der Waals surface area contributed by atoms with Crippen molar-refractivity contribution in [2.45, 2.75) is 31.4 Å². The minimum atomic E-state index is -2.80. The SMILES string of the molecule is COc1ccc(C(C)NC(=O)C2CC(F)(F)CN2)cc1. The van der Waals surface area contributed by atoms with Gasteiger partial charge in [-0.15, -0.1) is 0 Å².